The van der Waals surface area contributed by atoms with Gasteiger partial charge in [-0.05, 0) is 37.5 Å². The maximum atomic E-state index is 11.1. The van der Waals surface area contributed by atoms with Gasteiger partial charge in [-0.2, -0.15) is 0 Å². The van der Waals surface area contributed by atoms with Crippen LogP contribution >= 0.6 is 0 Å². The fourth-order valence-electron chi connectivity index (χ4n) is 3.04. The summed E-state index contributed by atoms with van der Waals surface area (Å²) in [7, 11) is 0. The lowest BCUT2D eigenvalue weighted by atomic mass is 9.64. The number of nitrogens with two attached hydrogens (primary N) is 2. The Balaban J connectivity index is 2.57. The highest BCUT2D eigenvalue weighted by Crippen LogP contribution is 2.44. The van der Waals surface area contributed by atoms with Gasteiger partial charge in [-0.25, -0.2) is 0 Å². The largest absolute Gasteiger partial charge is 0.399 e. The fourth-order valence-corrected chi connectivity index (χ4v) is 3.04. The maximum absolute atomic E-state index is 11.1. The zero-order valence-corrected chi connectivity index (χ0v) is 12.6. The molecule has 2 rings (SSSR count). The van der Waals surface area contributed by atoms with Crippen molar-refractivity contribution in [3.8, 4) is 0 Å². The van der Waals surface area contributed by atoms with Crippen molar-refractivity contribution in [2.75, 3.05) is 0 Å². The van der Waals surface area contributed by atoms with E-state index in [-0.39, 0.29) is 5.92 Å². The van der Waals surface area contributed by atoms with E-state index in [1.165, 1.54) is 0 Å². The third kappa shape index (κ3) is 1.98. The van der Waals surface area contributed by atoms with Gasteiger partial charge in [0.05, 0.1) is 5.54 Å². The summed E-state index contributed by atoms with van der Waals surface area (Å²) in [6.07, 6.45) is 1.91. The van der Waals surface area contributed by atoms with Crippen LogP contribution in [0.15, 0.2) is 53.3 Å². The van der Waals surface area contributed by atoms with Crippen molar-refractivity contribution in [3.63, 3.8) is 0 Å². The molecule has 1 aromatic carbocycles. The highest BCUT2D eigenvalue weighted by atomic mass is 16.3. The molecular formula is C17H24N2O. The summed E-state index contributed by atoms with van der Waals surface area (Å²) in [4.78, 5) is 0. The number of hydrogen-bond donors (Lipinski definition) is 3. The number of benzene rings is 1. The molecule has 5 N–H and O–H groups in total. The molecule has 0 aliphatic heterocycles. The average Bonchev–Trinajstić information content (AvgIpc) is 2.44. The predicted octanol–water partition coefficient (Wildman–Crippen LogP) is 2.42. The van der Waals surface area contributed by atoms with Gasteiger partial charge in [0.15, 0.2) is 0 Å². The SMILES string of the molecule is CC1=CC(N)(C(C)(O)c2ccccc2)C(C)C(C)=C1N. The minimum Gasteiger partial charge on any atom is -0.399 e. The summed E-state index contributed by atoms with van der Waals surface area (Å²) in [5.74, 6) is -0.0404. The molecule has 1 aliphatic rings. The Morgan fingerprint density at radius 1 is 1.20 bits per heavy atom. The molecule has 20 heavy (non-hydrogen) atoms. The van der Waals surface area contributed by atoms with Crippen LogP contribution in [0.4, 0.5) is 0 Å². The maximum Gasteiger partial charge on any atom is 0.109 e. The molecule has 3 unspecified atom stereocenters. The van der Waals surface area contributed by atoms with Crippen LogP contribution < -0.4 is 11.5 Å². The molecule has 3 atom stereocenters. The standard InChI is InChI=1S/C17H24N2O/c1-11-10-17(19,13(3)12(2)15(11)18)16(4,20)14-8-6-5-7-9-14/h5-10,13,20H,18-19H2,1-4H3. The molecule has 3 nitrogen and oxygen atoms in total. The zero-order valence-electron chi connectivity index (χ0n) is 12.6. The number of aliphatic hydroxyl groups is 1. The van der Waals surface area contributed by atoms with Gasteiger partial charge >= 0.3 is 0 Å². The highest BCUT2D eigenvalue weighted by Gasteiger charge is 2.49. The van der Waals surface area contributed by atoms with E-state index >= 15 is 0 Å². The van der Waals surface area contributed by atoms with Gasteiger partial charge in [0.2, 0.25) is 0 Å². The molecule has 0 bridgehead atoms. The third-order valence-electron chi connectivity index (χ3n) is 4.85. The van der Waals surface area contributed by atoms with E-state index in [0.29, 0.717) is 0 Å². The second-order valence-corrected chi connectivity index (χ2v) is 6.02. The lowest BCUT2D eigenvalue weighted by Crippen LogP contribution is -2.61. The van der Waals surface area contributed by atoms with E-state index in [0.717, 1.165) is 22.4 Å². The summed E-state index contributed by atoms with van der Waals surface area (Å²) in [5, 5.41) is 11.1. The quantitative estimate of drug-likeness (QED) is 0.774. The molecule has 1 aliphatic carbocycles. The van der Waals surface area contributed by atoms with Crippen molar-refractivity contribution in [1.29, 1.82) is 0 Å². The molecule has 3 heteroatoms. The first-order valence-electron chi connectivity index (χ1n) is 6.94. The first-order chi connectivity index (χ1) is 9.22. The van der Waals surface area contributed by atoms with Crippen molar-refractivity contribution in [1.82, 2.24) is 0 Å². The van der Waals surface area contributed by atoms with Gasteiger partial charge in [0, 0.05) is 11.6 Å². The first kappa shape index (κ1) is 14.8. The lowest BCUT2D eigenvalue weighted by Gasteiger charge is -2.48. The number of rotatable bonds is 2. The van der Waals surface area contributed by atoms with Gasteiger partial charge < -0.3 is 16.6 Å². The van der Waals surface area contributed by atoms with Crippen LogP contribution in [-0.2, 0) is 5.60 Å². The summed E-state index contributed by atoms with van der Waals surface area (Å²) < 4.78 is 0. The third-order valence-corrected chi connectivity index (χ3v) is 4.85. The van der Waals surface area contributed by atoms with Crippen molar-refractivity contribution in [3.05, 3.63) is 58.8 Å². The zero-order chi connectivity index (χ0) is 15.1. The van der Waals surface area contributed by atoms with Crippen LogP contribution in [0, 0.1) is 5.92 Å². The van der Waals surface area contributed by atoms with Crippen LogP contribution in [0.2, 0.25) is 0 Å². The van der Waals surface area contributed by atoms with Gasteiger partial charge in [-0.1, -0.05) is 43.3 Å². The molecule has 0 heterocycles. The van der Waals surface area contributed by atoms with E-state index in [9.17, 15) is 5.11 Å². The Morgan fingerprint density at radius 3 is 2.30 bits per heavy atom. The number of allylic oxidation sites excluding steroid dienone is 1. The van der Waals surface area contributed by atoms with Crippen LogP contribution in [0.25, 0.3) is 0 Å². The van der Waals surface area contributed by atoms with E-state index in [1.54, 1.807) is 6.92 Å². The van der Waals surface area contributed by atoms with Crippen LogP contribution in [0.3, 0.4) is 0 Å². The second kappa shape index (κ2) is 4.76. The van der Waals surface area contributed by atoms with E-state index in [2.05, 4.69) is 0 Å². The van der Waals surface area contributed by atoms with Crippen LogP contribution in [-0.4, -0.2) is 10.6 Å². The Morgan fingerprint density at radius 2 is 1.75 bits per heavy atom. The lowest BCUT2D eigenvalue weighted by molar-refractivity contribution is -0.0214. The molecular weight excluding hydrogens is 248 g/mol. The van der Waals surface area contributed by atoms with Crippen LogP contribution in [0.5, 0.6) is 0 Å². The fraction of sp³-hybridized carbons (Fsp3) is 0.412. The highest BCUT2D eigenvalue weighted by molar-refractivity contribution is 5.45. The van der Waals surface area contributed by atoms with Gasteiger partial charge in [-0.15, -0.1) is 0 Å². The average molecular weight is 272 g/mol. The van der Waals surface area contributed by atoms with Crippen molar-refractivity contribution >= 4 is 0 Å². The summed E-state index contributed by atoms with van der Waals surface area (Å²) in [6, 6.07) is 9.56. The Bertz CT molecular complexity index is 572. The van der Waals surface area contributed by atoms with E-state index < -0.39 is 11.1 Å². The Hall–Kier alpha value is -1.58. The molecule has 0 saturated heterocycles. The summed E-state index contributed by atoms with van der Waals surface area (Å²) >= 11 is 0. The first-order valence-corrected chi connectivity index (χ1v) is 6.94. The molecule has 0 amide bonds. The van der Waals surface area contributed by atoms with Crippen LogP contribution in [0.1, 0.15) is 33.3 Å². The van der Waals surface area contributed by atoms with Crippen molar-refractivity contribution in [2.45, 2.75) is 38.8 Å². The summed E-state index contributed by atoms with van der Waals surface area (Å²) in [6.45, 7) is 7.71. The van der Waals surface area contributed by atoms with Gasteiger partial charge in [-0.3, -0.25) is 0 Å². The normalized spacial score (nSPS) is 29.9. The minimum absolute atomic E-state index is 0.0404. The monoisotopic (exact) mass is 272 g/mol. The van der Waals surface area contributed by atoms with Gasteiger partial charge in [0.25, 0.3) is 0 Å². The topological polar surface area (TPSA) is 72.3 Å². The Labute approximate surface area is 121 Å². The predicted molar refractivity (Wildman–Crippen MR) is 82.7 cm³/mol. The molecule has 0 fully saturated rings. The number of hydrogen-bond acceptors (Lipinski definition) is 3. The summed E-state index contributed by atoms with van der Waals surface area (Å²) in [5.41, 5.74) is 14.2. The Kier molecular flexibility index (Phi) is 3.53. The smallest absolute Gasteiger partial charge is 0.109 e. The second-order valence-electron chi connectivity index (χ2n) is 6.02. The van der Waals surface area contributed by atoms with E-state index in [1.807, 2.05) is 57.2 Å². The van der Waals surface area contributed by atoms with Crippen molar-refractivity contribution in [2.24, 2.45) is 17.4 Å². The molecule has 108 valence electrons. The van der Waals surface area contributed by atoms with Gasteiger partial charge in [0.1, 0.15) is 5.60 Å². The minimum atomic E-state index is -1.17. The van der Waals surface area contributed by atoms with Crippen molar-refractivity contribution < 1.29 is 5.11 Å². The molecule has 0 saturated carbocycles. The molecule has 0 radical (unpaired) electrons. The van der Waals surface area contributed by atoms with E-state index in [4.69, 9.17) is 11.5 Å². The molecule has 0 aromatic heterocycles. The molecule has 0 spiro atoms. The molecule has 1 aromatic rings.